The molecule has 0 atom stereocenters. The van der Waals surface area contributed by atoms with E-state index in [0.29, 0.717) is 0 Å². The predicted molar refractivity (Wildman–Crippen MR) is 75.9 cm³/mol. The minimum Gasteiger partial charge on any atom is -0.494 e. The van der Waals surface area contributed by atoms with Crippen molar-refractivity contribution in [3.63, 3.8) is 0 Å². The molecule has 0 saturated heterocycles. The van der Waals surface area contributed by atoms with Gasteiger partial charge in [0, 0.05) is 5.56 Å². The van der Waals surface area contributed by atoms with Crippen LogP contribution in [0.25, 0.3) is 0 Å². The number of ether oxygens (including phenoxy) is 1. The quantitative estimate of drug-likeness (QED) is 0.880. The van der Waals surface area contributed by atoms with E-state index in [4.69, 9.17) is 27.9 Å². The molecule has 0 spiro atoms. The lowest BCUT2D eigenvalue weighted by Gasteiger charge is -2.08. The summed E-state index contributed by atoms with van der Waals surface area (Å²) in [5.41, 5.74) is 0.0413. The molecule has 22 heavy (non-hydrogen) atoms. The van der Waals surface area contributed by atoms with E-state index in [0.717, 1.165) is 0 Å². The van der Waals surface area contributed by atoms with Gasteiger partial charge in [0.25, 0.3) is 5.91 Å². The number of aromatic nitrogens is 2. The summed E-state index contributed by atoms with van der Waals surface area (Å²) in [6.07, 6.45) is -4.62. The molecular weight excluding hydrogens is 366 g/mol. The van der Waals surface area contributed by atoms with Crippen molar-refractivity contribution in [1.82, 2.24) is 10.2 Å². The van der Waals surface area contributed by atoms with Crippen LogP contribution in [-0.4, -0.2) is 23.2 Å². The summed E-state index contributed by atoms with van der Waals surface area (Å²) in [4.78, 5) is 12.0. The Balaban J connectivity index is 2.21. The van der Waals surface area contributed by atoms with Crippen molar-refractivity contribution in [3.05, 3.63) is 32.7 Å². The highest BCUT2D eigenvalue weighted by Gasteiger charge is 2.35. The summed E-state index contributed by atoms with van der Waals surface area (Å²) < 4.78 is 42.1. The molecule has 0 saturated carbocycles. The lowest BCUT2D eigenvalue weighted by atomic mass is 10.2. The Morgan fingerprint density at radius 1 is 1.27 bits per heavy atom. The molecular formula is C11H6Cl2F3N3O2S. The maximum atomic E-state index is 12.4. The number of carbonyl (C=O) groups is 1. The van der Waals surface area contributed by atoms with Crippen LogP contribution in [0, 0.1) is 0 Å². The third-order valence-electron chi connectivity index (χ3n) is 2.35. The number of hydrogen-bond donors (Lipinski definition) is 1. The average Bonchev–Trinajstić information content (AvgIpc) is 2.86. The average molecular weight is 372 g/mol. The Morgan fingerprint density at radius 2 is 1.86 bits per heavy atom. The number of nitrogens with one attached hydrogen (secondary N) is 1. The van der Waals surface area contributed by atoms with Gasteiger partial charge in [0.2, 0.25) is 10.1 Å². The molecule has 2 rings (SSSR count). The fraction of sp³-hybridized carbons (Fsp3) is 0.182. The summed E-state index contributed by atoms with van der Waals surface area (Å²) >= 11 is 12.0. The number of halogens is 5. The number of hydrogen-bond acceptors (Lipinski definition) is 5. The second-order valence-electron chi connectivity index (χ2n) is 3.84. The van der Waals surface area contributed by atoms with Gasteiger partial charge in [0.1, 0.15) is 0 Å². The second kappa shape index (κ2) is 6.27. The first kappa shape index (κ1) is 16.8. The monoisotopic (exact) mass is 371 g/mol. The largest absolute Gasteiger partial charge is 0.494 e. The first-order chi connectivity index (χ1) is 10.2. The number of nitrogens with zero attached hydrogens (tertiary/aromatic N) is 2. The zero-order chi connectivity index (χ0) is 16.5. The molecule has 1 amide bonds. The van der Waals surface area contributed by atoms with E-state index in [1.165, 1.54) is 19.2 Å². The van der Waals surface area contributed by atoms with Crippen LogP contribution in [0.1, 0.15) is 15.4 Å². The lowest BCUT2D eigenvalue weighted by Crippen LogP contribution is -2.12. The van der Waals surface area contributed by atoms with Gasteiger partial charge in [0.15, 0.2) is 5.75 Å². The fourth-order valence-corrected chi connectivity index (χ4v) is 2.69. The highest BCUT2D eigenvalue weighted by Crippen LogP contribution is 2.35. The fourth-order valence-electron chi connectivity index (χ4n) is 1.44. The van der Waals surface area contributed by atoms with E-state index in [1.807, 2.05) is 0 Å². The minimum absolute atomic E-state index is 0.0413. The molecule has 0 fully saturated rings. The van der Waals surface area contributed by atoms with Crippen LogP contribution >= 0.6 is 34.5 Å². The van der Waals surface area contributed by atoms with Crippen molar-refractivity contribution in [1.29, 1.82) is 0 Å². The molecule has 1 heterocycles. The molecule has 118 valence electrons. The summed E-state index contributed by atoms with van der Waals surface area (Å²) in [5, 5.41) is 7.13. The SMILES string of the molecule is COc1c(Cl)cc(C(=O)Nc2nnc(C(F)(F)F)s2)cc1Cl. The van der Waals surface area contributed by atoms with Gasteiger partial charge < -0.3 is 4.74 Å². The Bertz CT molecular complexity index is 698. The van der Waals surface area contributed by atoms with Gasteiger partial charge in [-0.2, -0.15) is 13.2 Å². The first-order valence-corrected chi connectivity index (χ1v) is 7.04. The van der Waals surface area contributed by atoms with Crippen molar-refractivity contribution in [2.24, 2.45) is 0 Å². The van der Waals surface area contributed by atoms with Crippen molar-refractivity contribution in [2.45, 2.75) is 6.18 Å². The van der Waals surface area contributed by atoms with Gasteiger partial charge >= 0.3 is 6.18 Å². The van der Waals surface area contributed by atoms with Crippen molar-refractivity contribution in [3.8, 4) is 5.75 Å². The molecule has 0 aliphatic rings. The molecule has 2 aromatic rings. The highest BCUT2D eigenvalue weighted by molar-refractivity contribution is 7.15. The van der Waals surface area contributed by atoms with Crippen LogP contribution in [0.4, 0.5) is 18.3 Å². The van der Waals surface area contributed by atoms with Gasteiger partial charge in [-0.05, 0) is 12.1 Å². The van der Waals surface area contributed by atoms with Gasteiger partial charge in [-0.15, -0.1) is 10.2 Å². The summed E-state index contributed by atoms with van der Waals surface area (Å²) in [6, 6.07) is 2.54. The molecule has 0 radical (unpaired) electrons. The maximum absolute atomic E-state index is 12.4. The molecule has 0 unspecified atom stereocenters. The van der Waals surface area contributed by atoms with Gasteiger partial charge in [-0.1, -0.05) is 34.5 Å². The van der Waals surface area contributed by atoms with Crippen molar-refractivity contribution >= 4 is 45.6 Å². The third-order valence-corrected chi connectivity index (χ3v) is 3.80. The van der Waals surface area contributed by atoms with Crippen molar-refractivity contribution < 1.29 is 22.7 Å². The highest BCUT2D eigenvalue weighted by atomic mass is 35.5. The second-order valence-corrected chi connectivity index (χ2v) is 5.63. The predicted octanol–water partition coefficient (Wildman–Crippen LogP) is 4.12. The zero-order valence-electron chi connectivity index (χ0n) is 10.7. The Labute approximate surface area is 136 Å². The summed E-state index contributed by atoms with van der Waals surface area (Å²) in [7, 11) is 1.35. The van der Waals surface area contributed by atoms with Crippen LogP contribution in [0.3, 0.4) is 0 Å². The van der Waals surface area contributed by atoms with Crippen LogP contribution < -0.4 is 10.1 Å². The number of carbonyl (C=O) groups excluding carboxylic acids is 1. The van der Waals surface area contributed by atoms with E-state index in [-0.39, 0.29) is 37.8 Å². The zero-order valence-corrected chi connectivity index (χ0v) is 13.0. The van der Waals surface area contributed by atoms with Gasteiger partial charge in [-0.25, -0.2) is 0 Å². The smallest absolute Gasteiger partial charge is 0.445 e. The molecule has 5 nitrogen and oxygen atoms in total. The Morgan fingerprint density at radius 3 is 2.32 bits per heavy atom. The standard InChI is InChI=1S/C11H6Cl2F3N3O2S/c1-21-7-5(12)2-4(3-6(7)13)8(20)17-10-19-18-9(22-10)11(14,15)16/h2-3H,1H3,(H,17,19,20). The first-order valence-electron chi connectivity index (χ1n) is 5.47. The van der Waals surface area contributed by atoms with E-state index >= 15 is 0 Å². The van der Waals surface area contributed by atoms with E-state index in [1.54, 1.807) is 0 Å². The topological polar surface area (TPSA) is 64.1 Å². The summed E-state index contributed by atoms with van der Waals surface area (Å²) in [5.74, 6) is -0.536. The lowest BCUT2D eigenvalue weighted by molar-refractivity contribution is -0.138. The number of amides is 1. The molecule has 0 aliphatic carbocycles. The molecule has 1 aromatic heterocycles. The third kappa shape index (κ3) is 3.60. The van der Waals surface area contributed by atoms with E-state index in [9.17, 15) is 18.0 Å². The van der Waals surface area contributed by atoms with E-state index < -0.39 is 17.1 Å². The van der Waals surface area contributed by atoms with Crippen LogP contribution in [0.2, 0.25) is 10.0 Å². The number of anilines is 1. The molecule has 0 aliphatic heterocycles. The number of alkyl halides is 3. The van der Waals surface area contributed by atoms with E-state index in [2.05, 4.69) is 15.5 Å². The summed E-state index contributed by atoms with van der Waals surface area (Å²) in [6.45, 7) is 0. The van der Waals surface area contributed by atoms with Crippen molar-refractivity contribution in [2.75, 3.05) is 12.4 Å². The molecule has 0 bridgehead atoms. The number of rotatable bonds is 3. The van der Waals surface area contributed by atoms with Crippen LogP contribution in [0.5, 0.6) is 5.75 Å². The maximum Gasteiger partial charge on any atom is 0.445 e. The van der Waals surface area contributed by atoms with Crippen LogP contribution in [0.15, 0.2) is 12.1 Å². The molecule has 11 heteroatoms. The Kier molecular flexibility index (Phi) is 4.78. The van der Waals surface area contributed by atoms with Gasteiger partial charge in [-0.3, -0.25) is 10.1 Å². The van der Waals surface area contributed by atoms with Gasteiger partial charge in [0.05, 0.1) is 17.2 Å². The molecule has 1 aromatic carbocycles. The van der Waals surface area contributed by atoms with Crippen LogP contribution in [-0.2, 0) is 6.18 Å². The minimum atomic E-state index is -4.62. The normalized spacial score (nSPS) is 11.4. The number of benzene rings is 1. The number of methoxy groups -OCH3 is 1. The Hall–Kier alpha value is -1.58. The molecule has 1 N–H and O–H groups in total.